The fourth-order valence-electron chi connectivity index (χ4n) is 3.50. The molecule has 170 valence electrons. The highest BCUT2D eigenvalue weighted by Crippen LogP contribution is 2.14. The summed E-state index contributed by atoms with van der Waals surface area (Å²) in [6.07, 6.45) is 0.806. The minimum Gasteiger partial charge on any atom is -0.444 e. The van der Waals surface area contributed by atoms with Gasteiger partial charge in [-0.25, -0.2) is 9.69 Å². The smallest absolute Gasteiger partial charge is 0.417 e. The van der Waals surface area contributed by atoms with E-state index in [0.29, 0.717) is 19.1 Å². The molecule has 6 heteroatoms. The Balaban J connectivity index is 1.75. The average molecular weight is 445 g/mol. The van der Waals surface area contributed by atoms with Crippen molar-refractivity contribution in [2.75, 3.05) is 0 Å². The normalized spacial score (nSPS) is 12.4. The maximum atomic E-state index is 13.2. The summed E-state index contributed by atoms with van der Waals surface area (Å²) in [6, 6.07) is 26.0. The molecule has 2 atom stereocenters. The van der Waals surface area contributed by atoms with Gasteiger partial charge in [-0.05, 0) is 29.5 Å². The molecule has 3 aromatic rings. The molecule has 6 nitrogen and oxygen atoms in total. The van der Waals surface area contributed by atoms with Crippen molar-refractivity contribution in [1.82, 2.24) is 4.90 Å². The Labute approximate surface area is 194 Å². The fourth-order valence-corrected chi connectivity index (χ4v) is 3.50. The van der Waals surface area contributed by atoms with E-state index in [9.17, 15) is 14.4 Å². The molecular formula is C27H28N2O4. The zero-order valence-electron chi connectivity index (χ0n) is 18.4. The molecule has 0 saturated heterocycles. The van der Waals surface area contributed by atoms with Gasteiger partial charge in [0.2, 0.25) is 5.91 Å². The van der Waals surface area contributed by atoms with Crippen LogP contribution in [-0.2, 0) is 33.8 Å². The molecule has 0 heterocycles. The number of amides is 2. The molecule has 3 rings (SSSR count). The van der Waals surface area contributed by atoms with E-state index in [-0.39, 0.29) is 13.0 Å². The third-order valence-electron chi connectivity index (χ3n) is 5.32. The first-order chi connectivity index (χ1) is 16.1. The number of hydrogen-bond acceptors (Lipinski definition) is 5. The summed E-state index contributed by atoms with van der Waals surface area (Å²) in [6.45, 7) is -0.0143. The van der Waals surface area contributed by atoms with E-state index < -0.39 is 24.1 Å². The van der Waals surface area contributed by atoms with Crippen molar-refractivity contribution in [3.05, 3.63) is 108 Å². The number of nitrogens with two attached hydrogens (primary N) is 1. The second kappa shape index (κ2) is 12.3. The Kier molecular flexibility index (Phi) is 8.91. The Bertz CT molecular complexity index is 1030. The van der Waals surface area contributed by atoms with E-state index >= 15 is 0 Å². The molecule has 0 aliphatic heterocycles. The highest BCUT2D eigenvalue weighted by atomic mass is 16.6. The van der Waals surface area contributed by atoms with E-state index in [2.05, 4.69) is 0 Å². The molecule has 0 bridgehead atoms. The number of aryl methyl sites for hydroxylation is 1. The van der Waals surface area contributed by atoms with E-state index in [4.69, 9.17) is 10.5 Å². The standard InChI is InChI=1S/C27H28N2O4/c28-25(17-16-21-10-4-1-5-11-21)26(31)29(24(19-30)18-22-12-6-2-7-13-22)27(32)33-20-23-14-8-3-9-15-23/h1-15,19,24-25H,16-18,20,28H2/t24-,25-/m0/s1. The third-order valence-corrected chi connectivity index (χ3v) is 5.32. The van der Waals surface area contributed by atoms with Gasteiger partial charge in [0.15, 0.2) is 0 Å². The average Bonchev–Trinajstić information content (AvgIpc) is 2.87. The summed E-state index contributed by atoms with van der Waals surface area (Å²) < 4.78 is 5.40. The summed E-state index contributed by atoms with van der Waals surface area (Å²) in [5.41, 5.74) is 8.81. The van der Waals surface area contributed by atoms with Gasteiger partial charge in [-0.15, -0.1) is 0 Å². The van der Waals surface area contributed by atoms with E-state index in [1.54, 1.807) is 0 Å². The Morgan fingerprint density at radius 1 is 0.818 bits per heavy atom. The number of nitrogens with zero attached hydrogens (tertiary/aromatic N) is 1. The van der Waals surface area contributed by atoms with Gasteiger partial charge in [0.25, 0.3) is 0 Å². The first-order valence-electron chi connectivity index (χ1n) is 10.9. The topological polar surface area (TPSA) is 89.7 Å². The summed E-state index contributed by atoms with van der Waals surface area (Å²) >= 11 is 0. The van der Waals surface area contributed by atoms with E-state index in [0.717, 1.165) is 21.6 Å². The summed E-state index contributed by atoms with van der Waals surface area (Å²) in [4.78, 5) is 39.1. The van der Waals surface area contributed by atoms with Crippen LogP contribution in [0.15, 0.2) is 91.0 Å². The lowest BCUT2D eigenvalue weighted by molar-refractivity contribution is -0.135. The van der Waals surface area contributed by atoms with Crippen molar-refractivity contribution < 1.29 is 19.1 Å². The Hall–Kier alpha value is -3.77. The fraction of sp³-hybridized carbons (Fsp3) is 0.222. The molecular weight excluding hydrogens is 416 g/mol. The van der Waals surface area contributed by atoms with E-state index in [1.807, 2.05) is 91.0 Å². The molecule has 3 aromatic carbocycles. The molecule has 0 aromatic heterocycles. The number of rotatable bonds is 10. The maximum Gasteiger partial charge on any atom is 0.417 e. The van der Waals surface area contributed by atoms with Crippen molar-refractivity contribution in [2.45, 2.75) is 38.0 Å². The molecule has 0 unspecified atom stereocenters. The molecule has 0 radical (unpaired) electrons. The van der Waals surface area contributed by atoms with Gasteiger partial charge >= 0.3 is 6.09 Å². The second-order valence-corrected chi connectivity index (χ2v) is 7.77. The lowest BCUT2D eigenvalue weighted by atomic mass is 10.0. The zero-order valence-corrected chi connectivity index (χ0v) is 18.4. The number of imide groups is 1. The van der Waals surface area contributed by atoms with Crippen LogP contribution < -0.4 is 5.73 Å². The zero-order chi connectivity index (χ0) is 23.5. The largest absolute Gasteiger partial charge is 0.444 e. The predicted molar refractivity (Wildman–Crippen MR) is 126 cm³/mol. The van der Waals surface area contributed by atoms with Gasteiger partial charge in [-0.2, -0.15) is 0 Å². The van der Waals surface area contributed by atoms with Crippen molar-refractivity contribution in [3.63, 3.8) is 0 Å². The molecule has 0 aliphatic rings. The molecule has 0 spiro atoms. The summed E-state index contributed by atoms with van der Waals surface area (Å²) in [5.74, 6) is -0.628. The van der Waals surface area contributed by atoms with Crippen LogP contribution in [0.3, 0.4) is 0 Å². The van der Waals surface area contributed by atoms with Crippen LogP contribution in [0.4, 0.5) is 4.79 Å². The number of carbonyl (C=O) groups excluding carboxylic acids is 3. The van der Waals surface area contributed by atoms with Gasteiger partial charge in [-0.1, -0.05) is 91.0 Å². The van der Waals surface area contributed by atoms with Crippen molar-refractivity contribution in [3.8, 4) is 0 Å². The molecule has 0 saturated carbocycles. The van der Waals surface area contributed by atoms with Gasteiger partial charge in [0, 0.05) is 6.42 Å². The lowest BCUT2D eigenvalue weighted by Gasteiger charge is -2.28. The molecule has 2 amide bonds. The number of hydrogen-bond donors (Lipinski definition) is 1. The molecule has 0 aliphatic carbocycles. The third kappa shape index (κ3) is 7.12. The first-order valence-corrected chi connectivity index (χ1v) is 10.9. The maximum absolute atomic E-state index is 13.2. The van der Waals surface area contributed by atoms with Crippen LogP contribution in [0.2, 0.25) is 0 Å². The van der Waals surface area contributed by atoms with Crippen molar-refractivity contribution in [2.24, 2.45) is 5.73 Å². The first kappa shape index (κ1) is 23.9. The second-order valence-electron chi connectivity index (χ2n) is 7.77. The number of aldehydes is 1. The van der Waals surface area contributed by atoms with Crippen molar-refractivity contribution in [1.29, 1.82) is 0 Å². The Morgan fingerprint density at radius 2 is 1.33 bits per heavy atom. The van der Waals surface area contributed by atoms with Crippen molar-refractivity contribution >= 4 is 18.3 Å². The van der Waals surface area contributed by atoms with Crippen LogP contribution in [0.5, 0.6) is 0 Å². The Morgan fingerprint density at radius 3 is 1.88 bits per heavy atom. The summed E-state index contributed by atoms with van der Waals surface area (Å²) in [5, 5.41) is 0. The van der Waals surface area contributed by atoms with Crippen LogP contribution in [0.25, 0.3) is 0 Å². The van der Waals surface area contributed by atoms with Gasteiger partial charge in [0.05, 0.1) is 6.04 Å². The van der Waals surface area contributed by atoms with Gasteiger partial charge in [0.1, 0.15) is 18.9 Å². The minimum atomic E-state index is -1.02. The summed E-state index contributed by atoms with van der Waals surface area (Å²) in [7, 11) is 0. The number of ether oxygens (including phenoxy) is 1. The highest BCUT2D eigenvalue weighted by molar-refractivity contribution is 5.97. The van der Waals surface area contributed by atoms with Crippen LogP contribution in [0, 0.1) is 0 Å². The van der Waals surface area contributed by atoms with Gasteiger partial charge < -0.3 is 15.3 Å². The highest BCUT2D eigenvalue weighted by Gasteiger charge is 2.34. The number of benzene rings is 3. The minimum absolute atomic E-state index is 0.0143. The predicted octanol–water partition coefficient (Wildman–Crippen LogP) is 3.92. The van der Waals surface area contributed by atoms with Gasteiger partial charge in [-0.3, -0.25) is 4.79 Å². The van der Waals surface area contributed by atoms with Crippen LogP contribution >= 0.6 is 0 Å². The number of carbonyl (C=O) groups is 3. The monoisotopic (exact) mass is 444 g/mol. The molecule has 0 fully saturated rings. The molecule has 2 N–H and O–H groups in total. The quantitative estimate of drug-likeness (QED) is 0.479. The molecule has 33 heavy (non-hydrogen) atoms. The van der Waals surface area contributed by atoms with Crippen LogP contribution in [0.1, 0.15) is 23.1 Å². The van der Waals surface area contributed by atoms with E-state index in [1.165, 1.54) is 0 Å². The lowest BCUT2D eigenvalue weighted by Crippen LogP contribution is -2.53. The SMILES string of the molecule is N[C@@H](CCc1ccccc1)C(=O)N(C(=O)OCc1ccccc1)[C@H](C=O)Cc1ccccc1. The van der Waals surface area contributed by atoms with Crippen LogP contribution in [-0.4, -0.2) is 35.3 Å².